The van der Waals surface area contributed by atoms with E-state index in [0.29, 0.717) is 24.2 Å². The number of carboxylic acid groups (broad SMARTS) is 1. The number of fused-ring (bicyclic) bond motifs is 1. The quantitative estimate of drug-likeness (QED) is 0.707. The van der Waals surface area contributed by atoms with Crippen molar-refractivity contribution in [3.8, 4) is 0 Å². The Kier molecular flexibility index (Phi) is 4.92. The zero-order valence-corrected chi connectivity index (χ0v) is 14.3. The first-order valence-electron chi connectivity index (χ1n) is 8.61. The number of nitrogens with zero attached hydrogens (tertiary/aromatic N) is 1. The first-order chi connectivity index (χ1) is 12.4. The molecule has 8 nitrogen and oxygen atoms in total. The number of hydrogen-bond donors (Lipinski definition) is 3. The third-order valence-electron chi connectivity index (χ3n) is 4.84. The molecule has 3 rings (SSSR count). The molecule has 1 aromatic carbocycles. The lowest BCUT2D eigenvalue weighted by molar-refractivity contribution is -0.140. The molecule has 0 spiro atoms. The van der Waals surface area contributed by atoms with Crippen LogP contribution in [0.25, 0.3) is 0 Å². The van der Waals surface area contributed by atoms with Gasteiger partial charge in [0, 0.05) is 12.8 Å². The van der Waals surface area contributed by atoms with Crippen LogP contribution in [-0.4, -0.2) is 40.9 Å². The zero-order chi connectivity index (χ0) is 18.7. The number of carbonyl (C=O) groups is 4. The van der Waals surface area contributed by atoms with E-state index in [1.165, 1.54) is 4.90 Å². The third-order valence-corrected chi connectivity index (χ3v) is 4.84. The van der Waals surface area contributed by atoms with Crippen molar-refractivity contribution in [2.45, 2.75) is 44.1 Å². The topological polar surface area (TPSA) is 116 Å². The summed E-state index contributed by atoms with van der Waals surface area (Å²) < 4.78 is 0. The summed E-state index contributed by atoms with van der Waals surface area (Å²) in [6.07, 6.45) is 1.97. The van der Waals surface area contributed by atoms with Crippen LogP contribution in [0.4, 0.5) is 11.4 Å². The number of anilines is 2. The van der Waals surface area contributed by atoms with E-state index < -0.39 is 11.5 Å². The molecule has 1 heterocycles. The standard InChI is InChI=1S/C18H21N3O5/c22-14(20-18(8-3-9-18)10-17(25)26)6-7-16(24)21-11-15(23)19-12-4-1-2-5-13(12)21/h1-2,4-5H,3,6-11H2,(H,19,23)(H,20,22)(H,25,26). The van der Waals surface area contributed by atoms with Gasteiger partial charge in [0.15, 0.2) is 0 Å². The van der Waals surface area contributed by atoms with E-state index in [1.807, 2.05) is 0 Å². The monoisotopic (exact) mass is 359 g/mol. The summed E-state index contributed by atoms with van der Waals surface area (Å²) in [7, 11) is 0. The lowest BCUT2D eigenvalue weighted by atomic mass is 9.74. The van der Waals surface area contributed by atoms with Gasteiger partial charge >= 0.3 is 5.97 Å². The highest BCUT2D eigenvalue weighted by atomic mass is 16.4. The molecule has 0 aromatic heterocycles. The Balaban J connectivity index is 1.58. The van der Waals surface area contributed by atoms with Gasteiger partial charge in [-0.2, -0.15) is 0 Å². The maximum atomic E-state index is 12.5. The minimum absolute atomic E-state index is 0.0412. The van der Waals surface area contributed by atoms with E-state index in [2.05, 4.69) is 10.6 Å². The average molecular weight is 359 g/mol. The maximum absolute atomic E-state index is 12.5. The molecule has 1 aromatic rings. The van der Waals surface area contributed by atoms with Gasteiger partial charge in [0.1, 0.15) is 6.54 Å². The minimum Gasteiger partial charge on any atom is -0.481 e. The molecule has 3 N–H and O–H groups in total. The number of aliphatic carboxylic acids is 1. The number of benzene rings is 1. The largest absolute Gasteiger partial charge is 0.481 e. The molecule has 138 valence electrons. The zero-order valence-electron chi connectivity index (χ0n) is 14.3. The smallest absolute Gasteiger partial charge is 0.305 e. The predicted octanol–water partition coefficient (Wildman–Crippen LogP) is 1.27. The Bertz CT molecular complexity index is 757. The summed E-state index contributed by atoms with van der Waals surface area (Å²) in [4.78, 5) is 48.8. The second kappa shape index (κ2) is 7.15. The summed E-state index contributed by atoms with van der Waals surface area (Å²) in [6, 6.07) is 6.99. The van der Waals surface area contributed by atoms with Crippen LogP contribution in [0.1, 0.15) is 38.5 Å². The number of hydrogen-bond acceptors (Lipinski definition) is 4. The molecular formula is C18H21N3O5. The van der Waals surface area contributed by atoms with Crippen molar-refractivity contribution in [3.05, 3.63) is 24.3 Å². The van der Waals surface area contributed by atoms with Crippen molar-refractivity contribution in [2.24, 2.45) is 0 Å². The number of para-hydroxylation sites is 2. The first-order valence-corrected chi connectivity index (χ1v) is 8.61. The summed E-state index contributed by atoms with van der Waals surface area (Å²) in [5, 5.41) is 14.5. The van der Waals surface area contributed by atoms with Gasteiger partial charge in [0.2, 0.25) is 17.7 Å². The van der Waals surface area contributed by atoms with E-state index in [1.54, 1.807) is 24.3 Å². The molecule has 8 heteroatoms. The van der Waals surface area contributed by atoms with Crippen LogP contribution in [0.2, 0.25) is 0 Å². The Hall–Kier alpha value is -2.90. The Morgan fingerprint density at radius 3 is 2.58 bits per heavy atom. The van der Waals surface area contributed by atoms with Gasteiger partial charge < -0.3 is 20.6 Å². The van der Waals surface area contributed by atoms with Crippen LogP contribution >= 0.6 is 0 Å². The second-order valence-electron chi connectivity index (χ2n) is 6.80. The Morgan fingerprint density at radius 1 is 1.19 bits per heavy atom. The molecule has 3 amide bonds. The van der Waals surface area contributed by atoms with Gasteiger partial charge in [-0.3, -0.25) is 19.2 Å². The molecule has 0 saturated heterocycles. The number of amides is 3. The molecule has 0 atom stereocenters. The molecule has 1 saturated carbocycles. The molecule has 2 aliphatic rings. The summed E-state index contributed by atoms with van der Waals surface area (Å²) in [5.41, 5.74) is 0.499. The Morgan fingerprint density at radius 2 is 1.92 bits per heavy atom. The van der Waals surface area contributed by atoms with Crippen LogP contribution in [0.15, 0.2) is 24.3 Å². The van der Waals surface area contributed by atoms with Crippen molar-refractivity contribution in [1.29, 1.82) is 0 Å². The van der Waals surface area contributed by atoms with Crippen LogP contribution in [0.5, 0.6) is 0 Å². The number of rotatable bonds is 6. The molecule has 1 aliphatic heterocycles. The number of nitrogens with one attached hydrogen (secondary N) is 2. The van der Waals surface area contributed by atoms with Gasteiger partial charge in [-0.1, -0.05) is 12.1 Å². The highest BCUT2D eigenvalue weighted by molar-refractivity contribution is 6.10. The van der Waals surface area contributed by atoms with E-state index in [0.717, 1.165) is 6.42 Å². The van der Waals surface area contributed by atoms with Crippen molar-refractivity contribution < 1.29 is 24.3 Å². The fourth-order valence-corrected chi connectivity index (χ4v) is 3.41. The van der Waals surface area contributed by atoms with Crippen LogP contribution in [0.3, 0.4) is 0 Å². The molecular weight excluding hydrogens is 338 g/mol. The van der Waals surface area contributed by atoms with Crippen molar-refractivity contribution in [1.82, 2.24) is 5.32 Å². The molecule has 0 bridgehead atoms. The molecule has 0 radical (unpaired) electrons. The van der Waals surface area contributed by atoms with E-state index in [4.69, 9.17) is 5.11 Å². The van der Waals surface area contributed by atoms with Gasteiger partial charge in [0.05, 0.1) is 23.3 Å². The van der Waals surface area contributed by atoms with Crippen molar-refractivity contribution >= 4 is 35.1 Å². The molecule has 0 unspecified atom stereocenters. The van der Waals surface area contributed by atoms with Crippen molar-refractivity contribution in [3.63, 3.8) is 0 Å². The number of carboxylic acids is 1. The molecule has 1 fully saturated rings. The van der Waals surface area contributed by atoms with Crippen molar-refractivity contribution in [2.75, 3.05) is 16.8 Å². The van der Waals surface area contributed by atoms with Gasteiger partial charge in [-0.05, 0) is 31.4 Å². The average Bonchev–Trinajstić information content (AvgIpc) is 2.56. The van der Waals surface area contributed by atoms with E-state index in [-0.39, 0.29) is 43.5 Å². The molecule has 26 heavy (non-hydrogen) atoms. The fourth-order valence-electron chi connectivity index (χ4n) is 3.41. The van der Waals surface area contributed by atoms with Crippen LogP contribution in [-0.2, 0) is 19.2 Å². The minimum atomic E-state index is -0.947. The third kappa shape index (κ3) is 3.84. The van der Waals surface area contributed by atoms with E-state index >= 15 is 0 Å². The first kappa shape index (κ1) is 17.9. The summed E-state index contributed by atoms with van der Waals surface area (Å²) >= 11 is 0. The Labute approximate surface area is 150 Å². The van der Waals surface area contributed by atoms with Gasteiger partial charge in [-0.25, -0.2) is 0 Å². The SMILES string of the molecule is O=C(O)CC1(NC(=O)CCC(=O)N2CC(=O)Nc3ccccc32)CCC1. The highest BCUT2D eigenvalue weighted by Gasteiger charge is 2.40. The number of carbonyl (C=O) groups excluding carboxylic acids is 3. The lowest BCUT2D eigenvalue weighted by Gasteiger charge is -2.41. The van der Waals surface area contributed by atoms with E-state index in [9.17, 15) is 19.2 Å². The summed E-state index contributed by atoms with van der Waals surface area (Å²) in [5.74, 6) is -1.88. The maximum Gasteiger partial charge on any atom is 0.305 e. The predicted molar refractivity (Wildman–Crippen MR) is 93.6 cm³/mol. The van der Waals surface area contributed by atoms with Crippen LogP contribution < -0.4 is 15.5 Å². The van der Waals surface area contributed by atoms with Gasteiger partial charge in [0.25, 0.3) is 0 Å². The highest BCUT2D eigenvalue weighted by Crippen LogP contribution is 2.35. The normalized spacial score (nSPS) is 17.5. The fraction of sp³-hybridized carbons (Fsp3) is 0.444. The second-order valence-corrected chi connectivity index (χ2v) is 6.80. The molecule has 1 aliphatic carbocycles. The van der Waals surface area contributed by atoms with Crippen LogP contribution in [0, 0.1) is 0 Å². The lowest BCUT2D eigenvalue weighted by Crippen LogP contribution is -2.54. The van der Waals surface area contributed by atoms with Gasteiger partial charge in [-0.15, -0.1) is 0 Å². The summed E-state index contributed by atoms with van der Waals surface area (Å²) in [6.45, 7) is -0.0829.